The Morgan fingerprint density at radius 2 is 1.96 bits per heavy atom. The number of carbonyl (C=O) groups excluding carboxylic acids is 1. The Bertz CT molecular complexity index is 675. The summed E-state index contributed by atoms with van der Waals surface area (Å²) in [6, 6.07) is 8.36. The molecule has 0 fully saturated rings. The maximum absolute atomic E-state index is 12.3. The minimum atomic E-state index is 0.220. The Balaban J connectivity index is 1.42. The molecule has 0 unspecified atom stereocenters. The molecule has 5 nitrogen and oxygen atoms in total. The summed E-state index contributed by atoms with van der Waals surface area (Å²) in [7, 11) is 0. The number of aromatic nitrogens is 2. The zero-order valence-corrected chi connectivity index (χ0v) is 14.4. The highest BCUT2D eigenvalue weighted by atomic mass is 79.9. The molecule has 0 radical (unpaired) electrons. The Kier molecular flexibility index (Phi) is 5.23. The van der Waals surface area contributed by atoms with E-state index in [4.69, 9.17) is 0 Å². The van der Waals surface area contributed by atoms with Gasteiger partial charge in [0.2, 0.25) is 11.9 Å². The van der Waals surface area contributed by atoms with Crippen LogP contribution in [0.15, 0.2) is 41.1 Å². The molecular weight excluding hydrogens is 356 g/mol. The number of benzene rings is 1. The number of fused-ring (bicyclic) bond motifs is 1. The summed E-state index contributed by atoms with van der Waals surface area (Å²) in [5.74, 6) is 0.811. The number of anilines is 1. The minimum absolute atomic E-state index is 0.220. The maximum atomic E-state index is 12.3. The monoisotopic (exact) mass is 374 g/mol. The van der Waals surface area contributed by atoms with Crippen LogP contribution in [0.3, 0.4) is 0 Å². The predicted molar refractivity (Wildman–Crippen MR) is 93.0 cm³/mol. The van der Waals surface area contributed by atoms with Gasteiger partial charge >= 0.3 is 0 Å². The molecule has 1 amide bonds. The lowest BCUT2D eigenvalue weighted by Crippen LogP contribution is -2.36. The van der Waals surface area contributed by atoms with E-state index in [1.165, 1.54) is 11.1 Å². The highest BCUT2D eigenvalue weighted by molar-refractivity contribution is 9.10. The normalized spacial score (nSPS) is 13.5. The Labute approximate surface area is 144 Å². The van der Waals surface area contributed by atoms with Crippen LogP contribution in [0.25, 0.3) is 0 Å². The van der Waals surface area contributed by atoms with E-state index >= 15 is 0 Å². The van der Waals surface area contributed by atoms with Gasteiger partial charge in [0.15, 0.2) is 0 Å². The highest BCUT2D eigenvalue weighted by Crippen LogP contribution is 2.19. The van der Waals surface area contributed by atoms with Gasteiger partial charge in [-0.25, -0.2) is 9.97 Å². The van der Waals surface area contributed by atoms with Gasteiger partial charge in [-0.05, 0) is 39.9 Å². The van der Waals surface area contributed by atoms with Crippen molar-refractivity contribution in [1.82, 2.24) is 14.9 Å². The van der Waals surface area contributed by atoms with Gasteiger partial charge in [-0.2, -0.15) is 0 Å². The number of hydrogen-bond donors (Lipinski definition) is 1. The number of rotatable bonds is 5. The molecule has 0 bridgehead atoms. The lowest BCUT2D eigenvalue weighted by atomic mass is 9.99. The third kappa shape index (κ3) is 4.28. The van der Waals surface area contributed by atoms with E-state index in [-0.39, 0.29) is 5.91 Å². The molecule has 3 rings (SSSR count). The first-order valence-corrected chi connectivity index (χ1v) is 8.57. The van der Waals surface area contributed by atoms with Gasteiger partial charge < -0.3 is 10.2 Å². The van der Waals surface area contributed by atoms with E-state index < -0.39 is 0 Å². The second-order valence-electron chi connectivity index (χ2n) is 5.59. The summed E-state index contributed by atoms with van der Waals surface area (Å²) < 4.78 is 0.851. The van der Waals surface area contributed by atoms with Gasteiger partial charge in [0.1, 0.15) is 0 Å². The van der Waals surface area contributed by atoms with Crippen LogP contribution >= 0.6 is 15.9 Å². The Morgan fingerprint density at radius 1 is 1.22 bits per heavy atom. The maximum Gasteiger partial charge on any atom is 0.222 e. The fraction of sp³-hybridized carbons (Fsp3) is 0.353. The molecule has 0 spiro atoms. The van der Waals surface area contributed by atoms with Crippen molar-refractivity contribution in [2.45, 2.75) is 25.8 Å². The van der Waals surface area contributed by atoms with Crippen molar-refractivity contribution in [3.05, 3.63) is 52.3 Å². The number of carbonyl (C=O) groups is 1. The smallest absolute Gasteiger partial charge is 0.222 e. The van der Waals surface area contributed by atoms with Crippen molar-refractivity contribution in [2.75, 3.05) is 18.4 Å². The van der Waals surface area contributed by atoms with Crippen molar-refractivity contribution in [1.29, 1.82) is 0 Å². The number of hydrogen-bond acceptors (Lipinski definition) is 4. The highest BCUT2D eigenvalue weighted by Gasteiger charge is 2.19. The van der Waals surface area contributed by atoms with E-state index in [9.17, 15) is 4.79 Å². The van der Waals surface area contributed by atoms with Crippen LogP contribution in [-0.2, 0) is 17.8 Å². The average Bonchev–Trinajstić information content (AvgIpc) is 2.59. The second kappa shape index (κ2) is 7.55. The SMILES string of the molecule is O=C(CCCNc1ncc(Br)cn1)N1CCc2ccccc2C1. The van der Waals surface area contributed by atoms with Crippen molar-refractivity contribution in [2.24, 2.45) is 0 Å². The van der Waals surface area contributed by atoms with Gasteiger partial charge in [0.25, 0.3) is 0 Å². The van der Waals surface area contributed by atoms with Crippen LogP contribution < -0.4 is 5.32 Å². The molecule has 120 valence electrons. The van der Waals surface area contributed by atoms with E-state index in [1.54, 1.807) is 12.4 Å². The first-order valence-electron chi connectivity index (χ1n) is 7.78. The summed E-state index contributed by atoms with van der Waals surface area (Å²) in [6.45, 7) is 2.25. The van der Waals surface area contributed by atoms with Crippen LogP contribution in [0.2, 0.25) is 0 Å². The van der Waals surface area contributed by atoms with E-state index in [0.29, 0.717) is 18.9 Å². The standard InChI is InChI=1S/C17H19BrN4O/c18-15-10-20-17(21-11-15)19-8-3-6-16(23)22-9-7-13-4-1-2-5-14(13)12-22/h1-2,4-5,10-11H,3,6-9,12H2,(H,19,20,21). The van der Waals surface area contributed by atoms with E-state index in [1.807, 2.05) is 11.0 Å². The lowest BCUT2D eigenvalue weighted by molar-refractivity contribution is -0.132. The third-order valence-corrected chi connectivity index (χ3v) is 4.36. The van der Waals surface area contributed by atoms with Crippen molar-refractivity contribution in [3.63, 3.8) is 0 Å². The topological polar surface area (TPSA) is 58.1 Å². The van der Waals surface area contributed by atoms with Gasteiger partial charge in [-0.15, -0.1) is 0 Å². The van der Waals surface area contributed by atoms with Crippen LogP contribution in [0.1, 0.15) is 24.0 Å². The predicted octanol–water partition coefficient (Wildman–Crippen LogP) is 3.02. The Morgan fingerprint density at radius 3 is 2.74 bits per heavy atom. The summed E-state index contributed by atoms with van der Waals surface area (Å²) in [5, 5.41) is 3.13. The molecule has 1 aliphatic rings. The van der Waals surface area contributed by atoms with E-state index in [0.717, 1.165) is 30.4 Å². The van der Waals surface area contributed by atoms with Crippen molar-refractivity contribution < 1.29 is 4.79 Å². The van der Waals surface area contributed by atoms with Crippen LogP contribution in [0.4, 0.5) is 5.95 Å². The molecule has 0 saturated heterocycles. The molecule has 2 aromatic rings. The number of nitrogens with one attached hydrogen (secondary N) is 1. The molecule has 2 heterocycles. The Hall–Kier alpha value is -1.95. The zero-order valence-electron chi connectivity index (χ0n) is 12.8. The quantitative estimate of drug-likeness (QED) is 0.817. The fourth-order valence-electron chi connectivity index (χ4n) is 2.71. The summed E-state index contributed by atoms with van der Waals surface area (Å²) in [5.41, 5.74) is 2.64. The average molecular weight is 375 g/mol. The molecule has 0 aliphatic carbocycles. The third-order valence-electron chi connectivity index (χ3n) is 3.95. The number of nitrogens with zero attached hydrogens (tertiary/aromatic N) is 3. The van der Waals surface area contributed by atoms with Crippen LogP contribution in [-0.4, -0.2) is 33.9 Å². The molecule has 0 saturated carbocycles. The molecule has 23 heavy (non-hydrogen) atoms. The van der Waals surface area contributed by atoms with Gasteiger partial charge in [0.05, 0.1) is 4.47 Å². The fourth-order valence-corrected chi connectivity index (χ4v) is 2.91. The van der Waals surface area contributed by atoms with Gasteiger partial charge in [-0.3, -0.25) is 4.79 Å². The lowest BCUT2D eigenvalue weighted by Gasteiger charge is -2.29. The molecule has 6 heteroatoms. The first kappa shape index (κ1) is 15.9. The molecule has 1 N–H and O–H groups in total. The second-order valence-corrected chi connectivity index (χ2v) is 6.50. The first-order chi connectivity index (χ1) is 11.2. The van der Waals surface area contributed by atoms with Gasteiger partial charge in [0, 0.05) is 38.4 Å². The largest absolute Gasteiger partial charge is 0.354 e. The molecular formula is C17H19BrN4O. The molecule has 1 aromatic carbocycles. The molecule has 1 aromatic heterocycles. The van der Waals surface area contributed by atoms with Gasteiger partial charge in [-0.1, -0.05) is 24.3 Å². The van der Waals surface area contributed by atoms with Crippen molar-refractivity contribution in [3.8, 4) is 0 Å². The molecule has 1 aliphatic heterocycles. The van der Waals surface area contributed by atoms with Crippen LogP contribution in [0, 0.1) is 0 Å². The molecule has 0 atom stereocenters. The number of halogens is 1. The number of amides is 1. The zero-order chi connectivity index (χ0) is 16.1. The van der Waals surface area contributed by atoms with Crippen molar-refractivity contribution >= 4 is 27.8 Å². The van der Waals surface area contributed by atoms with E-state index in [2.05, 4.69) is 49.4 Å². The summed E-state index contributed by atoms with van der Waals surface area (Å²) >= 11 is 3.30. The van der Waals surface area contributed by atoms with Crippen LogP contribution in [0.5, 0.6) is 0 Å². The summed E-state index contributed by atoms with van der Waals surface area (Å²) in [6.07, 6.45) is 5.67. The minimum Gasteiger partial charge on any atom is -0.354 e. The summed E-state index contributed by atoms with van der Waals surface area (Å²) in [4.78, 5) is 22.6.